The molecule has 0 aromatic heterocycles. The minimum Gasteiger partial charge on any atom is -0.493 e. The maximum absolute atomic E-state index is 13.6. The smallest absolute Gasteiger partial charge is 0.430 e. The topological polar surface area (TPSA) is 54.0 Å². The highest BCUT2D eigenvalue weighted by atomic mass is 31.2. The van der Waals surface area contributed by atoms with Gasteiger partial charge in [0.05, 0.1) is 20.4 Å². The van der Waals surface area contributed by atoms with Crippen LogP contribution in [0.5, 0.6) is 23.0 Å². The Balaban J connectivity index is 2.15. The molecular formula is C22H31O5P. The molecule has 0 aliphatic rings. The molecule has 0 heterocycles. The second-order valence-electron chi connectivity index (χ2n) is 6.59. The SMILES string of the molecule is CCCCCCCCP(=O)(Oc1ccccc1OC)Oc1ccccc1OC. The van der Waals surface area contributed by atoms with E-state index >= 15 is 0 Å². The van der Waals surface area contributed by atoms with Crippen molar-refractivity contribution in [2.75, 3.05) is 20.4 Å². The molecule has 0 bridgehead atoms. The minimum atomic E-state index is -3.46. The van der Waals surface area contributed by atoms with Crippen molar-refractivity contribution < 1.29 is 23.1 Å². The van der Waals surface area contributed by atoms with Crippen molar-refractivity contribution in [1.29, 1.82) is 0 Å². The molecule has 0 N–H and O–H groups in total. The summed E-state index contributed by atoms with van der Waals surface area (Å²) in [6.07, 6.45) is 6.84. The average Bonchev–Trinajstić information content (AvgIpc) is 2.71. The van der Waals surface area contributed by atoms with Crippen molar-refractivity contribution >= 4 is 7.60 Å². The predicted molar refractivity (Wildman–Crippen MR) is 113 cm³/mol. The first-order valence-electron chi connectivity index (χ1n) is 9.86. The van der Waals surface area contributed by atoms with Crippen LogP contribution < -0.4 is 18.5 Å². The Morgan fingerprint density at radius 3 is 1.57 bits per heavy atom. The normalized spacial score (nSPS) is 11.1. The van der Waals surface area contributed by atoms with Crippen LogP contribution in [0.2, 0.25) is 0 Å². The van der Waals surface area contributed by atoms with Crippen LogP contribution in [0.25, 0.3) is 0 Å². The Labute approximate surface area is 168 Å². The van der Waals surface area contributed by atoms with Crippen LogP contribution in [0.3, 0.4) is 0 Å². The van der Waals surface area contributed by atoms with Gasteiger partial charge in [-0.05, 0) is 30.7 Å². The Morgan fingerprint density at radius 1 is 0.679 bits per heavy atom. The fourth-order valence-electron chi connectivity index (χ4n) is 2.88. The lowest BCUT2D eigenvalue weighted by Gasteiger charge is -2.22. The minimum absolute atomic E-state index is 0.329. The number of ether oxygens (including phenoxy) is 2. The molecule has 2 aromatic rings. The highest BCUT2D eigenvalue weighted by Crippen LogP contribution is 2.52. The van der Waals surface area contributed by atoms with Gasteiger partial charge in [0.2, 0.25) is 0 Å². The van der Waals surface area contributed by atoms with Crippen molar-refractivity contribution in [2.24, 2.45) is 0 Å². The molecule has 154 valence electrons. The summed E-state index contributed by atoms with van der Waals surface area (Å²) < 4.78 is 36.1. The van der Waals surface area contributed by atoms with Crippen LogP contribution in [0.15, 0.2) is 48.5 Å². The van der Waals surface area contributed by atoms with Gasteiger partial charge in [-0.25, -0.2) is 4.57 Å². The van der Waals surface area contributed by atoms with Crippen molar-refractivity contribution in [3.8, 4) is 23.0 Å². The fourth-order valence-corrected chi connectivity index (χ4v) is 4.62. The van der Waals surface area contributed by atoms with E-state index in [4.69, 9.17) is 18.5 Å². The lowest BCUT2D eigenvalue weighted by Crippen LogP contribution is -2.07. The quantitative estimate of drug-likeness (QED) is 0.273. The molecule has 0 saturated carbocycles. The summed E-state index contributed by atoms with van der Waals surface area (Å²) in [5, 5.41) is 0. The van der Waals surface area contributed by atoms with E-state index in [1.807, 2.05) is 24.3 Å². The van der Waals surface area contributed by atoms with Gasteiger partial charge in [-0.15, -0.1) is 0 Å². The maximum Gasteiger partial charge on any atom is 0.430 e. The van der Waals surface area contributed by atoms with Gasteiger partial charge < -0.3 is 18.5 Å². The summed E-state index contributed by atoms with van der Waals surface area (Å²) >= 11 is 0. The molecule has 0 aliphatic carbocycles. The van der Waals surface area contributed by atoms with E-state index in [2.05, 4.69) is 6.92 Å². The molecule has 5 nitrogen and oxygen atoms in total. The van der Waals surface area contributed by atoms with E-state index in [1.165, 1.54) is 19.3 Å². The summed E-state index contributed by atoms with van der Waals surface area (Å²) in [4.78, 5) is 0. The zero-order chi connectivity index (χ0) is 20.2. The van der Waals surface area contributed by atoms with Gasteiger partial charge in [0.1, 0.15) is 0 Å². The van der Waals surface area contributed by atoms with E-state index in [0.717, 1.165) is 19.3 Å². The molecule has 0 saturated heterocycles. The third kappa shape index (κ3) is 6.79. The van der Waals surface area contributed by atoms with Crippen LogP contribution in [0, 0.1) is 0 Å². The highest BCUT2D eigenvalue weighted by molar-refractivity contribution is 7.54. The number of benzene rings is 2. The molecule has 2 rings (SSSR count). The average molecular weight is 406 g/mol. The van der Waals surface area contributed by atoms with Crippen molar-refractivity contribution in [3.63, 3.8) is 0 Å². The molecule has 6 heteroatoms. The van der Waals surface area contributed by atoms with Gasteiger partial charge in [0.25, 0.3) is 0 Å². The monoisotopic (exact) mass is 406 g/mol. The van der Waals surface area contributed by atoms with E-state index in [9.17, 15) is 4.57 Å². The lowest BCUT2D eigenvalue weighted by atomic mass is 10.1. The Bertz CT molecular complexity index is 709. The van der Waals surface area contributed by atoms with Crippen LogP contribution in [0.1, 0.15) is 45.4 Å². The van der Waals surface area contributed by atoms with Crippen molar-refractivity contribution in [1.82, 2.24) is 0 Å². The second kappa shape index (κ2) is 11.7. The lowest BCUT2D eigenvalue weighted by molar-refractivity contribution is 0.345. The summed E-state index contributed by atoms with van der Waals surface area (Å²) in [5.41, 5.74) is 0. The number of hydrogen-bond acceptors (Lipinski definition) is 5. The molecule has 0 fully saturated rings. The fraction of sp³-hybridized carbons (Fsp3) is 0.455. The first-order valence-corrected chi connectivity index (χ1v) is 11.6. The number of rotatable bonds is 13. The molecule has 0 spiro atoms. The molecule has 0 aliphatic heterocycles. The molecule has 28 heavy (non-hydrogen) atoms. The Hall–Kier alpha value is -2.13. The third-order valence-electron chi connectivity index (χ3n) is 4.40. The molecule has 0 amide bonds. The van der Waals surface area contributed by atoms with Crippen molar-refractivity contribution in [2.45, 2.75) is 45.4 Å². The molecule has 2 aromatic carbocycles. The maximum atomic E-state index is 13.6. The summed E-state index contributed by atoms with van der Waals surface area (Å²) in [7, 11) is -0.344. The van der Waals surface area contributed by atoms with Crippen LogP contribution in [0.4, 0.5) is 0 Å². The van der Waals surface area contributed by atoms with Gasteiger partial charge in [0.15, 0.2) is 23.0 Å². The van der Waals surface area contributed by atoms with Crippen LogP contribution >= 0.6 is 7.60 Å². The predicted octanol–water partition coefficient (Wildman–Crippen LogP) is 6.72. The van der Waals surface area contributed by atoms with E-state index < -0.39 is 7.60 Å². The highest BCUT2D eigenvalue weighted by Gasteiger charge is 2.30. The molecular weight excluding hydrogens is 375 g/mol. The molecule has 0 unspecified atom stereocenters. The zero-order valence-corrected chi connectivity index (χ0v) is 18.0. The van der Waals surface area contributed by atoms with E-state index in [0.29, 0.717) is 29.2 Å². The standard InChI is InChI=1S/C22H31O5P/c1-4-5-6-7-8-13-18-28(23,26-21-16-11-9-14-19(21)24-2)27-22-17-12-10-15-20(22)25-3/h9-12,14-17H,4-8,13,18H2,1-3H3. The Kier molecular flexibility index (Phi) is 9.22. The number of para-hydroxylation sites is 4. The first kappa shape index (κ1) is 22.2. The number of methoxy groups -OCH3 is 2. The summed E-state index contributed by atoms with van der Waals surface area (Å²) in [5.74, 6) is 1.87. The van der Waals surface area contributed by atoms with Gasteiger partial charge in [-0.2, -0.15) is 0 Å². The summed E-state index contributed by atoms with van der Waals surface area (Å²) in [6, 6.07) is 14.3. The number of hydrogen-bond donors (Lipinski definition) is 0. The van der Waals surface area contributed by atoms with Gasteiger partial charge in [-0.3, -0.25) is 0 Å². The first-order chi connectivity index (χ1) is 13.6. The van der Waals surface area contributed by atoms with Crippen LogP contribution in [-0.2, 0) is 4.57 Å². The van der Waals surface area contributed by atoms with E-state index in [-0.39, 0.29) is 0 Å². The Morgan fingerprint density at radius 2 is 1.11 bits per heavy atom. The zero-order valence-electron chi connectivity index (χ0n) is 17.1. The van der Waals surface area contributed by atoms with Crippen LogP contribution in [-0.4, -0.2) is 20.4 Å². The summed E-state index contributed by atoms with van der Waals surface area (Å²) in [6.45, 7) is 2.19. The van der Waals surface area contributed by atoms with Crippen molar-refractivity contribution in [3.05, 3.63) is 48.5 Å². The van der Waals surface area contributed by atoms with Gasteiger partial charge in [0, 0.05) is 0 Å². The van der Waals surface area contributed by atoms with Gasteiger partial charge >= 0.3 is 7.60 Å². The third-order valence-corrected chi connectivity index (χ3v) is 6.21. The van der Waals surface area contributed by atoms with E-state index in [1.54, 1.807) is 38.5 Å². The number of unbranched alkanes of at least 4 members (excludes halogenated alkanes) is 5. The van der Waals surface area contributed by atoms with Gasteiger partial charge in [-0.1, -0.05) is 63.3 Å². The second-order valence-corrected chi connectivity index (χ2v) is 8.62. The molecule has 0 radical (unpaired) electrons. The molecule has 0 atom stereocenters. The largest absolute Gasteiger partial charge is 0.493 e.